The van der Waals surface area contributed by atoms with Gasteiger partial charge >= 0.3 is 10.1 Å². The number of hydrogen-bond acceptors (Lipinski definition) is 4. The van der Waals surface area contributed by atoms with E-state index < -0.39 is 10.1 Å². The smallest absolute Gasteiger partial charge is 0.340 e. The molecule has 0 saturated carbocycles. The Kier molecular flexibility index (Phi) is 4.11. The fourth-order valence-corrected chi connectivity index (χ4v) is 3.00. The van der Waals surface area contributed by atoms with Crippen molar-refractivity contribution in [3.63, 3.8) is 0 Å². The second-order valence-corrected chi connectivity index (χ2v) is 5.97. The maximum atomic E-state index is 12.1. The van der Waals surface area contributed by atoms with Crippen molar-refractivity contribution in [2.75, 3.05) is 0 Å². The molecule has 2 aromatic carbocycles. The van der Waals surface area contributed by atoms with Crippen molar-refractivity contribution in [2.24, 2.45) is 0 Å². The molecule has 20 heavy (non-hydrogen) atoms. The molecular formula is C14H11ClO4S. The van der Waals surface area contributed by atoms with E-state index in [9.17, 15) is 13.2 Å². The lowest BCUT2D eigenvalue weighted by atomic mass is 10.1. The van der Waals surface area contributed by atoms with Crippen molar-refractivity contribution in [1.29, 1.82) is 0 Å². The summed E-state index contributed by atoms with van der Waals surface area (Å²) in [5, 5.41) is 0.0789. The summed E-state index contributed by atoms with van der Waals surface area (Å²) in [6.07, 6.45) is 0. The fourth-order valence-electron chi connectivity index (χ4n) is 1.59. The summed E-state index contributed by atoms with van der Waals surface area (Å²) in [4.78, 5) is 11.1. The normalized spacial score (nSPS) is 11.1. The van der Waals surface area contributed by atoms with E-state index in [0.29, 0.717) is 5.56 Å². The summed E-state index contributed by atoms with van der Waals surface area (Å²) in [7, 11) is -4.03. The van der Waals surface area contributed by atoms with Gasteiger partial charge in [-0.1, -0.05) is 35.9 Å². The average Bonchev–Trinajstić information content (AvgIpc) is 2.38. The van der Waals surface area contributed by atoms with Gasteiger partial charge in [0.25, 0.3) is 0 Å². The largest absolute Gasteiger partial charge is 0.379 e. The third kappa shape index (κ3) is 3.18. The Bertz CT molecular complexity index is 753. The molecule has 4 nitrogen and oxygen atoms in total. The standard InChI is InChI=1S/C14H11ClO4S/c1-10(16)11-5-4-6-12(9-11)19-20(17,18)14-8-3-2-7-13(14)15/h2-9H,1H3. The van der Waals surface area contributed by atoms with Crippen LogP contribution in [0.4, 0.5) is 0 Å². The van der Waals surface area contributed by atoms with Gasteiger partial charge in [0, 0.05) is 5.56 Å². The highest BCUT2D eigenvalue weighted by Gasteiger charge is 2.20. The second-order valence-electron chi connectivity index (χ2n) is 4.05. The minimum atomic E-state index is -4.03. The molecule has 0 atom stereocenters. The molecule has 0 fully saturated rings. The van der Waals surface area contributed by atoms with E-state index in [-0.39, 0.29) is 21.5 Å². The maximum Gasteiger partial charge on any atom is 0.340 e. The van der Waals surface area contributed by atoms with Gasteiger partial charge in [0.1, 0.15) is 10.6 Å². The summed E-state index contributed by atoms with van der Waals surface area (Å²) < 4.78 is 29.2. The highest BCUT2D eigenvalue weighted by atomic mass is 35.5. The van der Waals surface area contributed by atoms with E-state index in [1.54, 1.807) is 24.3 Å². The lowest BCUT2D eigenvalue weighted by Crippen LogP contribution is -2.10. The molecule has 0 spiro atoms. The first-order valence-electron chi connectivity index (χ1n) is 5.70. The number of halogens is 1. The zero-order chi connectivity index (χ0) is 14.8. The van der Waals surface area contributed by atoms with E-state index >= 15 is 0 Å². The Hall–Kier alpha value is -1.85. The van der Waals surface area contributed by atoms with Crippen LogP contribution >= 0.6 is 11.6 Å². The van der Waals surface area contributed by atoms with Crippen LogP contribution < -0.4 is 4.18 Å². The van der Waals surface area contributed by atoms with Gasteiger partial charge in [0.2, 0.25) is 0 Å². The zero-order valence-corrected chi connectivity index (χ0v) is 12.1. The Morgan fingerprint density at radius 1 is 1.10 bits per heavy atom. The number of rotatable bonds is 4. The Morgan fingerprint density at radius 3 is 2.45 bits per heavy atom. The van der Waals surface area contributed by atoms with E-state index in [1.165, 1.54) is 31.2 Å². The van der Waals surface area contributed by atoms with Gasteiger partial charge in [-0.05, 0) is 31.2 Å². The van der Waals surface area contributed by atoms with Crippen molar-refractivity contribution < 1.29 is 17.4 Å². The van der Waals surface area contributed by atoms with Gasteiger partial charge in [0.15, 0.2) is 5.78 Å². The van der Waals surface area contributed by atoms with Gasteiger partial charge in [-0.25, -0.2) is 0 Å². The van der Waals surface area contributed by atoms with Crippen molar-refractivity contribution >= 4 is 27.5 Å². The molecule has 0 saturated heterocycles. The SMILES string of the molecule is CC(=O)c1cccc(OS(=O)(=O)c2ccccc2Cl)c1. The van der Waals surface area contributed by atoms with E-state index in [2.05, 4.69) is 0 Å². The molecule has 0 aliphatic heterocycles. The van der Waals surface area contributed by atoms with Crippen molar-refractivity contribution in [3.05, 3.63) is 59.1 Å². The maximum absolute atomic E-state index is 12.1. The molecule has 0 aliphatic carbocycles. The molecule has 6 heteroatoms. The highest BCUT2D eigenvalue weighted by molar-refractivity contribution is 7.87. The van der Waals surface area contributed by atoms with Crippen LogP contribution in [0.3, 0.4) is 0 Å². The lowest BCUT2D eigenvalue weighted by Gasteiger charge is -2.08. The van der Waals surface area contributed by atoms with Crippen LogP contribution in [0.5, 0.6) is 5.75 Å². The predicted octanol–water partition coefficient (Wildman–Crippen LogP) is 3.31. The Balaban J connectivity index is 2.36. The number of benzene rings is 2. The van der Waals surface area contributed by atoms with Crippen LogP contribution in [0.2, 0.25) is 5.02 Å². The number of ketones is 1. The number of Topliss-reactive ketones (excluding diaryl/α,β-unsaturated/α-hetero) is 1. The average molecular weight is 311 g/mol. The fraction of sp³-hybridized carbons (Fsp3) is 0.0714. The first kappa shape index (κ1) is 14.6. The number of carbonyl (C=O) groups excluding carboxylic acids is 1. The molecular weight excluding hydrogens is 300 g/mol. The molecule has 2 aromatic rings. The van der Waals surface area contributed by atoms with Gasteiger partial charge in [0.05, 0.1) is 5.02 Å². The molecule has 0 heterocycles. The van der Waals surface area contributed by atoms with E-state index in [4.69, 9.17) is 15.8 Å². The topological polar surface area (TPSA) is 60.4 Å². The summed E-state index contributed by atoms with van der Waals surface area (Å²) in [5.41, 5.74) is 0.372. The summed E-state index contributed by atoms with van der Waals surface area (Å²) in [6, 6.07) is 11.9. The molecule has 0 aromatic heterocycles. The second kappa shape index (κ2) is 5.64. The van der Waals surface area contributed by atoms with Crippen molar-refractivity contribution in [3.8, 4) is 5.75 Å². The minimum absolute atomic E-state index is 0.0672. The van der Waals surface area contributed by atoms with Crippen molar-refractivity contribution in [2.45, 2.75) is 11.8 Å². The first-order chi connectivity index (χ1) is 9.40. The Labute approximate surface area is 122 Å². The molecule has 0 unspecified atom stereocenters. The van der Waals surface area contributed by atoms with Crippen LogP contribution in [-0.4, -0.2) is 14.2 Å². The molecule has 2 rings (SSSR count). The number of carbonyl (C=O) groups is 1. The van der Waals surface area contributed by atoms with Gasteiger partial charge in [-0.15, -0.1) is 0 Å². The van der Waals surface area contributed by atoms with Gasteiger partial charge in [-0.2, -0.15) is 8.42 Å². The highest BCUT2D eigenvalue weighted by Crippen LogP contribution is 2.25. The molecule has 0 aliphatic rings. The molecule has 0 amide bonds. The summed E-state index contributed by atoms with van der Waals surface area (Å²) in [6.45, 7) is 1.39. The van der Waals surface area contributed by atoms with E-state index in [0.717, 1.165) is 0 Å². The monoisotopic (exact) mass is 310 g/mol. The quantitative estimate of drug-likeness (QED) is 0.642. The zero-order valence-electron chi connectivity index (χ0n) is 10.5. The first-order valence-corrected chi connectivity index (χ1v) is 7.49. The van der Waals surface area contributed by atoms with Gasteiger partial charge in [-0.3, -0.25) is 4.79 Å². The Morgan fingerprint density at radius 2 is 1.80 bits per heavy atom. The van der Waals surface area contributed by atoms with Crippen LogP contribution in [0.25, 0.3) is 0 Å². The molecule has 0 radical (unpaired) electrons. The lowest BCUT2D eigenvalue weighted by molar-refractivity contribution is 0.101. The van der Waals surface area contributed by atoms with Crippen LogP contribution in [0, 0.1) is 0 Å². The summed E-state index contributed by atoms with van der Waals surface area (Å²) in [5.74, 6) is -0.108. The van der Waals surface area contributed by atoms with Crippen LogP contribution in [0.15, 0.2) is 53.4 Å². The van der Waals surface area contributed by atoms with Crippen LogP contribution in [0.1, 0.15) is 17.3 Å². The predicted molar refractivity (Wildman–Crippen MR) is 75.7 cm³/mol. The van der Waals surface area contributed by atoms with E-state index in [1.807, 2.05) is 0 Å². The van der Waals surface area contributed by atoms with Crippen molar-refractivity contribution in [1.82, 2.24) is 0 Å². The van der Waals surface area contributed by atoms with Crippen LogP contribution in [-0.2, 0) is 10.1 Å². The number of hydrogen-bond donors (Lipinski definition) is 0. The van der Waals surface area contributed by atoms with Gasteiger partial charge < -0.3 is 4.18 Å². The molecule has 0 bridgehead atoms. The molecule has 104 valence electrons. The summed E-state index contributed by atoms with van der Waals surface area (Å²) >= 11 is 5.84. The molecule has 0 N–H and O–H groups in total. The minimum Gasteiger partial charge on any atom is -0.379 e. The third-order valence-corrected chi connectivity index (χ3v) is 4.30. The third-order valence-electron chi connectivity index (χ3n) is 2.55.